The fraction of sp³-hybridized carbons (Fsp3) is 0.360. The highest BCUT2D eigenvalue weighted by molar-refractivity contribution is 8.15. The van der Waals surface area contributed by atoms with Gasteiger partial charge in [-0.05, 0) is 49.1 Å². The highest BCUT2D eigenvalue weighted by atomic mass is 35.5. The number of hydrogen-bond donors (Lipinski definition) is 1. The zero-order valence-electron chi connectivity index (χ0n) is 19.1. The van der Waals surface area contributed by atoms with Gasteiger partial charge in [-0.25, -0.2) is 9.89 Å². The van der Waals surface area contributed by atoms with Gasteiger partial charge in [-0.2, -0.15) is 0 Å². The van der Waals surface area contributed by atoms with Crippen LogP contribution in [0.15, 0.2) is 52.4 Å². The molecule has 2 aromatic carbocycles. The van der Waals surface area contributed by atoms with Gasteiger partial charge in [0.05, 0.1) is 10.9 Å². The van der Waals surface area contributed by atoms with Crippen LogP contribution in [-0.2, 0) is 9.59 Å². The molecule has 0 saturated heterocycles. The molecule has 2 heterocycles. The maximum atomic E-state index is 13.4. The van der Waals surface area contributed by atoms with Crippen molar-refractivity contribution in [1.82, 2.24) is 4.90 Å². The molecule has 2 aromatic rings. The van der Waals surface area contributed by atoms with Crippen molar-refractivity contribution in [2.75, 3.05) is 5.32 Å². The van der Waals surface area contributed by atoms with Crippen LogP contribution in [0.5, 0.6) is 0 Å². The Hall–Kier alpha value is -2.64. The van der Waals surface area contributed by atoms with Gasteiger partial charge in [0.25, 0.3) is 5.91 Å². The molecule has 0 bridgehead atoms. The largest absolute Gasteiger partial charge is 0.325 e. The summed E-state index contributed by atoms with van der Waals surface area (Å²) < 4.78 is 0. The lowest BCUT2D eigenvalue weighted by atomic mass is 10.00. The van der Waals surface area contributed by atoms with E-state index in [0.717, 1.165) is 23.2 Å². The number of carbonyl (C=O) groups excluding carboxylic acids is 2. The summed E-state index contributed by atoms with van der Waals surface area (Å²) in [4.78, 5) is 37.6. The molecule has 2 amide bonds. The van der Waals surface area contributed by atoms with E-state index in [0.29, 0.717) is 28.1 Å². The van der Waals surface area contributed by atoms with E-state index < -0.39 is 11.3 Å². The third-order valence-corrected chi connectivity index (χ3v) is 7.76. The molecule has 0 unspecified atom stereocenters. The first-order valence-corrected chi connectivity index (χ1v) is 12.4. The Bertz CT molecular complexity index is 1160. The topological polar surface area (TPSA) is 74.1 Å². The van der Waals surface area contributed by atoms with Crippen molar-refractivity contribution in [3.8, 4) is 0 Å². The number of benzene rings is 2. The highest BCUT2D eigenvalue weighted by Crippen LogP contribution is 2.37. The Kier molecular flexibility index (Phi) is 6.91. The number of carbonyl (C=O) groups is 2. The first kappa shape index (κ1) is 23.5. The minimum Gasteiger partial charge on any atom is -0.325 e. The summed E-state index contributed by atoms with van der Waals surface area (Å²) >= 11 is 7.50. The average molecular weight is 483 g/mol. The van der Waals surface area contributed by atoms with Crippen molar-refractivity contribution >= 4 is 57.6 Å². The Balaban J connectivity index is 1.62. The van der Waals surface area contributed by atoms with Gasteiger partial charge in [0, 0.05) is 16.3 Å². The summed E-state index contributed by atoms with van der Waals surface area (Å²) in [5, 5.41) is 3.60. The van der Waals surface area contributed by atoms with Crippen LogP contribution in [-0.4, -0.2) is 39.0 Å². The van der Waals surface area contributed by atoms with Crippen LogP contribution in [0.1, 0.15) is 44.7 Å². The summed E-state index contributed by atoms with van der Waals surface area (Å²) in [6.07, 6.45) is 1.42. The maximum Gasteiger partial charge on any atom is 0.259 e. The van der Waals surface area contributed by atoms with E-state index in [-0.39, 0.29) is 17.7 Å². The van der Waals surface area contributed by atoms with Gasteiger partial charge in [0.2, 0.25) is 5.91 Å². The molecular weight excluding hydrogens is 456 g/mol. The number of anilines is 1. The van der Waals surface area contributed by atoms with Gasteiger partial charge in [-0.1, -0.05) is 68.8 Å². The number of nitrogens with one attached hydrogen (secondary N) is 1. The normalized spacial score (nSPS) is 18.8. The van der Waals surface area contributed by atoms with Crippen LogP contribution >= 0.6 is 23.4 Å². The Morgan fingerprint density at radius 3 is 2.67 bits per heavy atom. The van der Waals surface area contributed by atoms with E-state index >= 15 is 0 Å². The monoisotopic (exact) mass is 482 g/mol. The molecule has 0 fully saturated rings. The maximum absolute atomic E-state index is 13.4. The van der Waals surface area contributed by atoms with Crippen LogP contribution in [0.25, 0.3) is 0 Å². The van der Waals surface area contributed by atoms with Crippen LogP contribution < -0.4 is 5.32 Å². The Morgan fingerprint density at radius 1 is 1.21 bits per heavy atom. The van der Waals surface area contributed by atoms with Gasteiger partial charge >= 0.3 is 0 Å². The second-order valence-electron chi connectivity index (χ2n) is 8.34. The second kappa shape index (κ2) is 9.69. The lowest BCUT2D eigenvalue weighted by molar-refractivity contribution is -0.125. The molecule has 0 saturated carbocycles. The Morgan fingerprint density at radius 2 is 1.97 bits per heavy atom. The predicted octanol–water partition coefficient (Wildman–Crippen LogP) is 5.80. The number of halogens is 1. The van der Waals surface area contributed by atoms with Crippen LogP contribution in [0.3, 0.4) is 0 Å². The smallest absolute Gasteiger partial charge is 0.259 e. The summed E-state index contributed by atoms with van der Waals surface area (Å²) in [7, 11) is 0. The number of aliphatic imine (C=N–C) groups is 2. The number of fused-ring (bicyclic) bond motifs is 3. The molecule has 4 rings (SSSR count). The zero-order chi connectivity index (χ0) is 23.7. The molecule has 3 atom stereocenters. The van der Waals surface area contributed by atoms with E-state index in [9.17, 15) is 9.59 Å². The first-order valence-electron chi connectivity index (χ1n) is 11.2. The van der Waals surface area contributed by atoms with E-state index in [2.05, 4.69) is 12.2 Å². The second-order valence-corrected chi connectivity index (χ2v) is 9.91. The fourth-order valence-corrected chi connectivity index (χ4v) is 4.99. The molecule has 6 nitrogen and oxygen atoms in total. The van der Waals surface area contributed by atoms with Crippen LogP contribution in [0, 0.1) is 12.8 Å². The van der Waals surface area contributed by atoms with Crippen LogP contribution in [0.2, 0.25) is 5.02 Å². The molecule has 2 aliphatic rings. The standard InChI is InChI=1S/C25H27ClN4O2S/c1-5-14(3)21-24(32)30-22(29-21)17-9-7-8-10-19(17)28-25(30)33-20(6-2)23(31)27-16-12-11-15(4)18(26)13-16/h7-14,20-21H,5-6H2,1-4H3,(H,27,31)/t14-,20+,21-/m1/s1. The number of hydrogen-bond acceptors (Lipinski definition) is 5. The van der Waals surface area contributed by atoms with Crippen molar-refractivity contribution in [3.05, 3.63) is 58.6 Å². The lowest BCUT2D eigenvalue weighted by Gasteiger charge is -2.27. The molecule has 33 heavy (non-hydrogen) atoms. The molecule has 0 radical (unpaired) electrons. The molecule has 1 N–H and O–H groups in total. The number of nitrogens with zero attached hydrogens (tertiary/aromatic N) is 3. The van der Waals surface area contributed by atoms with Gasteiger partial charge in [0.15, 0.2) is 5.17 Å². The molecule has 2 aliphatic heterocycles. The van der Waals surface area contributed by atoms with E-state index in [1.165, 1.54) is 11.8 Å². The lowest BCUT2D eigenvalue weighted by Crippen LogP contribution is -2.43. The summed E-state index contributed by atoms with van der Waals surface area (Å²) in [6, 6.07) is 12.7. The molecule has 172 valence electrons. The third-order valence-electron chi connectivity index (χ3n) is 6.03. The highest BCUT2D eigenvalue weighted by Gasteiger charge is 2.43. The van der Waals surface area contributed by atoms with Gasteiger partial charge in [0.1, 0.15) is 11.9 Å². The molecule has 0 aromatic heterocycles. The number of aryl methyl sites for hydroxylation is 1. The van der Waals surface area contributed by atoms with Crippen molar-refractivity contribution in [1.29, 1.82) is 0 Å². The van der Waals surface area contributed by atoms with E-state index in [1.54, 1.807) is 11.0 Å². The summed E-state index contributed by atoms with van der Waals surface area (Å²) in [5.74, 6) is 0.498. The summed E-state index contributed by atoms with van der Waals surface area (Å²) in [6.45, 7) is 7.95. The molecule has 8 heteroatoms. The SMILES string of the molecule is CC[C@H](SC1=Nc2ccccc2C2=N[C@H]([C@H](C)CC)C(=O)N12)C(=O)Nc1ccc(C)c(Cl)c1. The molecule has 0 aliphatic carbocycles. The van der Waals surface area contributed by atoms with Crippen LogP contribution in [0.4, 0.5) is 11.4 Å². The third kappa shape index (κ3) is 4.57. The van der Waals surface area contributed by atoms with Crippen molar-refractivity contribution in [2.24, 2.45) is 15.9 Å². The van der Waals surface area contributed by atoms with Crippen molar-refractivity contribution in [2.45, 2.75) is 51.8 Å². The molecular formula is C25H27ClN4O2S. The summed E-state index contributed by atoms with van der Waals surface area (Å²) in [5.41, 5.74) is 3.18. The number of para-hydroxylation sites is 1. The fourth-order valence-electron chi connectivity index (χ4n) is 3.79. The van der Waals surface area contributed by atoms with E-state index in [4.69, 9.17) is 21.6 Å². The predicted molar refractivity (Wildman–Crippen MR) is 137 cm³/mol. The number of amides is 2. The molecule has 0 spiro atoms. The van der Waals surface area contributed by atoms with Gasteiger partial charge < -0.3 is 5.32 Å². The Labute approximate surface area is 203 Å². The van der Waals surface area contributed by atoms with E-state index in [1.807, 2.05) is 57.2 Å². The zero-order valence-corrected chi connectivity index (χ0v) is 20.7. The minimum absolute atomic E-state index is 0.0827. The van der Waals surface area contributed by atoms with Crippen molar-refractivity contribution in [3.63, 3.8) is 0 Å². The first-order chi connectivity index (χ1) is 15.8. The van der Waals surface area contributed by atoms with Gasteiger partial charge in [-0.3, -0.25) is 14.6 Å². The van der Waals surface area contributed by atoms with Gasteiger partial charge in [-0.15, -0.1) is 0 Å². The number of rotatable bonds is 6. The quantitative estimate of drug-likeness (QED) is 0.565. The number of thioether (sulfide) groups is 1. The average Bonchev–Trinajstić information content (AvgIpc) is 3.17. The minimum atomic E-state index is -0.439. The number of amidine groups is 2. The van der Waals surface area contributed by atoms with Crippen molar-refractivity contribution < 1.29 is 9.59 Å².